The number of nitrogens with zero attached hydrogens (tertiary/aromatic N) is 1. The van der Waals surface area contributed by atoms with Crippen molar-refractivity contribution in [1.29, 1.82) is 0 Å². The van der Waals surface area contributed by atoms with E-state index < -0.39 is 0 Å². The van der Waals surface area contributed by atoms with Crippen molar-refractivity contribution in [3.8, 4) is 0 Å². The Morgan fingerprint density at radius 2 is 2.10 bits per heavy atom. The zero-order valence-corrected chi connectivity index (χ0v) is 12.8. The van der Waals surface area contributed by atoms with Gasteiger partial charge >= 0.3 is 0 Å². The molecule has 1 aromatic carbocycles. The van der Waals surface area contributed by atoms with Crippen molar-refractivity contribution in [1.82, 2.24) is 4.90 Å². The lowest BCUT2D eigenvalue weighted by Gasteiger charge is -2.21. The van der Waals surface area contributed by atoms with Crippen molar-refractivity contribution in [2.45, 2.75) is 19.3 Å². The fourth-order valence-electron chi connectivity index (χ4n) is 3.00. The van der Waals surface area contributed by atoms with E-state index in [0.717, 1.165) is 31.5 Å². The topological polar surface area (TPSA) is 78.6 Å². The van der Waals surface area contributed by atoms with Crippen LogP contribution in [0.2, 0.25) is 0 Å². The van der Waals surface area contributed by atoms with Gasteiger partial charge in [0.2, 0.25) is 0 Å². The molecule has 2 atom stereocenters. The van der Waals surface area contributed by atoms with Gasteiger partial charge in [0.25, 0.3) is 5.91 Å². The Bertz CT molecular complexity index is 502. The van der Waals surface area contributed by atoms with E-state index in [4.69, 9.17) is 5.73 Å². The van der Waals surface area contributed by atoms with Gasteiger partial charge in [-0.15, -0.1) is 0 Å². The second-order valence-corrected chi connectivity index (χ2v) is 6.02. The van der Waals surface area contributed by atoms with Crippen LogP contribution < -0.4 is 11.1 Å². The molecule has 0 aromatic heterocycles. The lowest BCUT2D eigenvalue weighted by atomic mass is 9.96. The van der Waals surface area contributed by atoms with Crippen LogP contribution >= 0.6 is 0 Å². The number of amides is 1. The smallest absolute Gasteiger partial charge is 0.255 e. The molecular formula is C16H25N3O2. The van der Waals surface area contributed by atoms with Crippen LogP contribution in [0.3, 0.4) is 0 Å². The molecule has 0 heterocycles. The highest BCUT2D eigenvalue weighted by atomic mass is 16.3. The Morgan fingerprint density at radius 1 is 1.38 bits per heavy atom. The summed E-state index contributed by atoms with van der Waals surface area (Å²) < 4.78 is 0. The van der Waals surface area contributed by atoms with E-state index in [1.54, 1.807) is 37.2 Å². The lowest BCUT2D eigenvalue weighted by molar-refractivity contribution is 0.0828. The van der Waals surface area contributed by atoms with E-state index in [1.165, 1.54) is 0 Å². The van der Waals surface area contributed by atoms with Crippen LogP contribution in [0.4, 0.5) is 11.4 Å². The van der Waals surface area contributed by atoms with E-state index in [1.807, 2.05) is 0 Å². The molecule has 1 fully saturated rings. The maximum absolute atomic E-state index is 12.2. The summed E-state index contributed by atoms with van der Waals surface area (Å²) in [6, 6.07) is 5.31. The zero-order valence-electron chi connectivity index (χ0n) is 12.8. The number of nitrogens with one attached hydrogen (secondary N) is 1. The van der Waals surface area contributed by atoms with Gasteiger partial charge in [-0.25, -0.2) is 0 Å². The maximum atomic E-state index is 12.2. The van der Waals surface area contributed by atoms with E-state index in [0.29, 0.717) is 23.1 Å². The number of benzene rings is 1. The number of hydrogen-bond donors (Lipinski definition) is 3. The van der Waals surface area contributed by atoms with Crippen molar-refractivity contribution in [2.24, 2.45) is 11.8 Å². The number of anilines is 2. The second kappa shape index (κ2) is 6.80. The molecule has 1 aliphatic rings. The molecule has 0 spiro atoms. The largest absolute Gasteiger partial charge is 0.399 e. The number of carbonyl (C=O) groups is 1. The van der Waals surface area contributed by atoms with Gasteiger partial charge in [-0.3, -0.25) is 4.79 Å². The van der Waals surface area contributed by atoms with Crippen molar-refractivity contribution in [3.63, 3.8) is 0 Å². The molecule has 0 saturated heterocycles. The Balaban J connectivity index is 2.11. The highest BCUT2D eigenvalue weighted by molar-refractivity contribution is 6.00. The van der Waals surface area contributed by atoms with E-state index in [-0.39, 0.29) is 12.5 Å². The van der Waals surface area contributed by atoms with Crippen LogP contribution in [0.15, 0.2) is 18.2 Å². The summed E-state index contributed by atoms with van der Waals surface area (Å²) in [6.45, 7) is 1.01. The third-order valence-electron chi connectivity index (χ3n) is 4.29. The molecule has 5 heteroatoms. The average molecular weight is 291 g/mol. The Labute approximate surface area is 126 Å². The predicted octanol–water partition coefficient (Wildman–Crippen LogP) is 1.79. The number of rotatable bonds is 5. The standard InChI is InChI=1S/C16H25N3O2/c1-19(2)16(21)14-7-6-13(17)8-15(14)18-9-11-4-3-5-12(11)10-20/h6-8,11-12,18,20H,3-5,9-10,17H2,1-2H3. The third-order valence-corrected chi connectivity index (χ3v) is 4.29. The van der Waals surface area contributed by atoms with E-state index >= 15 is 0 Å². The van der Waals surface area contributed by atoms with Crippen molar-refractivity contribution in [3.05, 3.63) is 23.8 Å². The molecule has 1 saturated carbocycles. The highest BCUT2D eigenvalue weighted by Crippen LogP contribution is 2.32. The fourth-order valence-corrected chi connectivity index (χ4v) is 3.00. The van der Waals surface area contributed by atoms with Crippen LogP contribution in [-0.2, 0) is 0 Å². The van der Waals surface area contributed by atoms with Crippen molar-refractivity contribution >= 4 is 17.3 Å². The van der Waals surface area contributed by atoms with Gasteiger partial charge in [-0.05, 0) is 42.9 Å². The number of carbonyl (C=O) groups excluding carboxylic acids is 1. The van der Waals surface area contributed by atoms with Gasteiger partial charge in [0.05, 0.1) is 5.56 Å². The molecule has 2 unspecified atom stereocenters. The lowest BCUT2D eigenvalue weighted by Crippen LogP contribution is -2.25. The first kappa shape index (κ1) is 15.6. The number of nitrogen functional groups attached to an aromatic ring is 1. The first-order valence-electron chi connectivity index (χ1n) is 7.48. The maximum Gasteiger partial charge on any atom is 0.255 e. The number of nitrogens with two attached hydrogens (primary N) is 1. The van der Waals surface area contributed by atoms with Gasteiger partial charge in [0.15, 0.2) is 0 Å². The van der Waals surface area contributed by atoms with Crippen LogP contribution in [0, 0.1) is 11.8 Å². The van der Waals surface area contributed by atoms with Gasteiger partial charge in [0.1, 0.15) is 0 Å². The molecule has 4 N–H and O–H groups in total. The van der Waals surface area contributed by atoms with E-state index in [9.17, 15) is 9.90 Å². The zero-order chi connectivity index (χ0) is 15.4. The van der Waals surface area contributed by atoms with Gasteiger partial charge in [-0.1, -0.05) is 6.42 Å². The molecule has 1 aliphatic carbocycles. The van der Waals surface area contributed by atoms with Crippen LogP contribution in [0.25, 0.3) is 0 Å². The first-order chi connectivity index (χ1) is 10.0. The monoisotopic (exact) mass is 291 g/mol. The Hall–Kier alpha value is -1.75. The van der Waals surface area contributed by atoms with Crippen LogP contribution in [-0.4, -0.2) is 43.2 Å². The number of aliphatic hydroxyl groups is 1. The molecule has 2 rings (SSSR count). The summed E-state index contributed by atoms with van der Waals surface area (Å²) in [7, 11) is 3.47. The molecule has 21 heavy (non-hydrogen) atoms. The number of hydrogen-bond acceptors (Lipinski definition) is 4. The predicted molar refractivity (Wildman–Crippen MR) is 85.3 cm³/mol. The van der Waals surface area contributed by atoms with Crippen molar-refractivity contribution < 1.29 is 9.90 Å². The minimum atomic E-state index is -0.0392. The second-order valence-electron chi connectivity index (χ2n) is 6.02. The molecular weight excluding hydrogens is 266 g/mol. The molecule has 0 aliphatic heterocycles. The summed E-state index contributed by atoms with van der Waals surface area (Å²) in [6.07, 6.45) is 3.37. The third kappa shape index (κ3) is 3.67. The molecule has 1 amide bonds. The van der Waals surface area contributed by atoms with Gasteiger partial charge < -0.3 is 21.1 Å². The summed E-state index contributed by atoms with van der Waals surface area (Å²) in [5.74, 6) is 0.785. The summed E-state index contributed by atoms with van der Waals surface area (Å²) in [5.41, 5.74) is 7.88. The summed E-state index contributed by atoms with van der Waals surface area (Å²) in [4.78, 5) is 13.8. The molecule has 0 radical (unpaired) electrons. The molecule has 5 nitrogen and oxygen atoms in total. The van der Waals surface area contributed by atoms with Gasteiger partial charge in [0, 0.05) is 38.6 Å². The normalized spacial score (nSPS) is 21.3. The first-order valence-corrected chi connectivity index (χ1v) is 7.48. The fraction of sp³-hybridized carbons (Fsp3) is 0.562. The summed E-state index contributed by atoms with van der Waals surface area (Å²) in [5, 5.41) is 12.7. The Kier molecular flexibility index (Phi) is 5.07. The SMILES string of the molecule is CN(C)C(=O)c1ccc(N)cc1NCC1CCCC1CO. The molecule has 1 aromatic rings. The molecule has 116 valence electrons. The molecule has 0 bridgehead atoms. The van der Waals surface area contributed by atoms with Gasteiger partial charge in [-0.2, -0.15) is 0 Å². The number of aliphatic hydroxyl groups excluding tert-OH is 1. The average Bonchev–Trinajstić information content (AvgIpc) is 2.91. The van der Waals surface area contributed by atoms with Crippen LogP contribution in [0.1, 0.15) is 29.6 Å². The quantitative estimate of drug-likeness (QED) is 0.723. The van der Waals surface area contributed by atoms with Crippen LogP contribution in [0.5, 0.6) is 0 Å². The minimum absolute atomic E-state index is 0.0392. The van der Waals surface area contributed by atoms with E-state index in [2.05, 4.69) is 5.32 Å². The summed E-state index contributed by atoms with van der Waals surface area (Å²) >= 11 is 0. The Morgan fingerprint density at radius 3 is 2.76 bits per heavy atom. The van der Waals surface area contributed by atoms with Crippen molar-refractivity contribution in [2.75, 3.05) is 38.3 Å². The minimum Gasteiger partial charge on any atom is -0.399 e. The highest BCUT2D eigenvalue weighted by Gasteiger charge is 2.26.